The molecule has 10 heteroatoms. The highest BCUT2D eigenvalue weighted by molar-refractivity contribution is 6.31. The minimum Gasteiger partial charge on any atom is -0.496 e. The molecule has 0 bridgehead atoms. The number of amides is 2. The Morgan fingerprint density at radius 1 is 0.857 bits per heavy atom. The number of hydrogen-bond acceptors (Lipinski definition) is 7. The van der Waals surface area contributed by atoms with E-state index in [1.165, 1.54) is 25.5 Å². The zero-order chi connectivity index (χ0) is 30.1. The number of esters is 1. The van der Waals surface area contributed by atoms with Crippen LogP contribution in [0, 0.1) is 6.92 Å². The molecule has 0 aliphatic carbocycles. The fourth-order valence-corrected chi connectivity index (χ4v) is 4.00. The summed E-state index contributed by atoms with van der Waals surface area (Å²) in [5, 5.41) is 7.16. The molecule has 0 spiro atoms. The van der Waals surface area contributed by atoms with E-state index in [4.69, 9.17) is 25.8 Å². The van der Waals surface area contributed by atoms with E-state index in [-0.39, 0.29) is 16.9 Å². The fraction of sp³-hybridized carbons (Fsp3) is 0.125. The van der Waals surface area contributed by atoms with Crippen LogP contribution in [-0.2, 0) is 0 Å². The third kappa shape index (κ3) is 7.74. The Morgan fingerprint density at radius 2 is 1.62 bits per heavy atom. The minimum atomic E-state index is -0.505. The van der Waals surface area contributed by atoms with Crippen LogP contribution >= 0.6 is 11.6 Å². The molecule has 2 N–H and O–H groups in total. The smallest absolute Gasteiger partial charge is 0.343 e. The lowest BCUT2D eigenvalue weighted by molar-refractivity contribution is 0.0728. The van der Waals surface area contributed by atoms with E-state index in [1.807, 2.05) is 26.0 Å². The zero-order valence-electron chi connectivity index (χ0n) is 23.1. The minimum absolute atomic E-state index is 0.256. The Bertz CT molecular complexity index is 1640. The number of carbonyl (C=O) groups excluding carboxylic acids is 3. The van der Waals surface area contributed by atoms with E-state index < -0.39 is 17.8 Å². The molecule has 2 amide bonds. The highest BCUT2D eigenvalue weighted by atomic mass is 35.5. The molecule has 9 nitrogen and oxygen atoms in total. The second-order valence-electron chi connectivity index (χ2n) is 8.97. The molecule has 0 aliphatic heterocycles. The summed E-state index contributed by atoms with van der Waals surface area (Å²) in [6, 6.07) is 23.1. The van der Waals surface area contributed by atoms with E-state index in [0.717, 1.165) is 5.56 Å². The summed E-state index contributed by atoms with van der Waals surface area (Å²) in [7, 11) is 1.46. The topological polar surface area (TPSA) is 115 Å². The number of carbonyl (C=O) groups is 3. The number of methoxy groups -OCH3 is 1. The molecule has 0 unspecified atom stereocenters. The highest BCUT2D eigenvalue weighted by Gasteiger charge is 2.15. The van der Waals surface area contributed by atoms with Gasteiger partial charge in [0.1, 0.15) is 5.75 Å². The Morgan fingerprint density at radius 3 is 2.36 bits per heavy atom. The second-order valence-corrected chi connectivity index (χ2v) is 9.41. The van der Waals surface area contributed by atoms with Crippen LogP contribution in [0.25, 0.3) is 0 Å². The summed E-state index contributed by atoms with van der Waals surface area (Å²) in [5.41, 5.74) is 5.45. The molecule has 4 rings (SSSR count). The van der Waals surface area contributed by atoms with Crippen LogP contribution in [0.5, 0.6) is 17.2 Å². The van der Waals surface area contributed by atoms with Crippen molar-refractivity contribution in [1.29, 1.82) is 0 Å². The normalized spacial score (nSPS) is 10.7. The van der Waals surface area contributed by atoms with Gasteiger partial charge in [-0.2, -0.15) is 5.10 Å². The number of nitrogens with one attached hydrogen (secondary N) is 2. The van der Waals surface area contributed by atoms with Gasteiger partial charge < -0.3 is 19.5 Å². The number of anilines is 1. The first-order chi connectivity index (χ1) is 20.3. The first-order valence-corrected chi connectivity index (χ1v) is 13.3. The Labute approximate surface area is 248 Å². The number of hydrazone groups is 1. The SMILES string of the molecule is CCOc1cc(C=NNC(=O)c2cccc(NC(=O)c3cc(Cl)ccc3OC)c2)ccc1OC(=O)c1ccc(C)cc1. The molecular weight excluding hydrogens is 558 g/mol. The van der Waals surface area contributed by atoms with Gasteiger partial charge in [-0.1, -0.05) is 35.4 Å². The van der Waals surface area contributed by atoms with Crippen molar-refractivity contribution < 1.29 is 28.6 Å². The molecule has 0 radical (unpaired) electrons. The zero-order valence-corrected chi connectivity index (χ0v) is 23.9. The molecule has 0 saturated heterocycles. The highest BCUT2D eigenvalue weighted by Crippen LogP contribution is 2.29. The lowest BCUT2D eigenvalue weighted by Crippen LogP contribution is -2.18. The molecule has 4 aromatic carbocycles. The van der Waals surface area contributed by atoms with E-state index in [1.54, 1.807) is 60.7 Å². The Balaban J connectivity index is 1.41. The van der Waals surface area contributed by atoms with Crippen molar-refractivity contribution in [2.75, 3.05) is 19.0 Å². The van der Waals surface area contributed by atoms with Crippen LogP contribution in [0.3, 0.4) is 0 Å². The quantitative estimate of drug-likeness (QED) is 0.0978. The average Bonchev–Trinajstić information content (AvgIpc) is 2.99. The molecular formula is C32H28ClN3O6. The average molecular weight is 586 g/mol. The predicted molar refractivity (Wildman–Crippen MR) is 161 cm³/mol. The molecule has 4 aromatic rings. The van der Waals surface area contributed by atoms with Crippen molar-refractivity contribution in [3.63, 3.8) is 0 Å². The van der Waals surface area contributed by atoms with Gasteiger partial charge in [0, 0.05) is 16.3 Å². The molecule has 0 atom stereocenters. The van der Waals surface area contributed by atoms with Crippen molar-refractivity contribution in [3.8, 4) is 17.2 Å². The first kappa shape index (κ1) is 29.8. The summed E-state index contributed by atoms with van der Waals surface area (Å²) in [5.74, 6) is -0.454. The van der Waals surface area contributed by atoms with E-state index in [0.29, 0.717) is 39.9 Å². The maximum Gasteiger partial charge on any atom is 0.343 e. The molecule has 0 saturated carbocycles. The lowest BCUT2D eigenvalue weighted by atomic mass is 10.1. The summed E-state index contributed by atoms with van der Waals surface area (Å²) < 4.78 is 16.4. The molecule has 42 heavy (non-hydrogen) atoms. The lowest BCUT2D eigenvalue weighted by Gasteiger charge is -2.11. The number of benzene rings is 4. The number of hydrogen-bond donors (Lipinski definition) is 2. The number of nitrogens with zero attached hydrogens (tertiary/aromatic N) is 1. The molecule has 0 fully saturated rings. The van der Waals surface area contributed by atoms with Gasteiger partial charge in [0.15, 0.2) is 11.5 Å². The van der Waals surface area contributed by atoms with Crippen molar-refractivity contribution in [2.45, 2.75) is 13.8 Å². The number of halogens is 1. The van der Waals surface area contributed by atoms with Gasteiger partial charge in [-0.25, -0.2) is 10.2 Å². The molecule has 0 aliphatic rings. The molecule has 0 heterocycles. The Hall–Kier alpha value is -5.15. The van der Waals surface area contributed by atoms with Gasteiger partial charge in [0.05, 0.1) is 31.1 Å². The monoisotopic (exact) mass is 585 g/mol. The summed E-state index contributed by atoms with van der Waals surface area (Å²) >= 11 is 6.03. The third-order valence-corrected chi connectivity index (χ3v) is 6.16. The summed E-state index contributed by atoms with van der Waals surface area (Å²) in [6.07, 6.45) is 1.43. The van der Waals surface area contributed by atoms with Crippen LogP contribution in [-0.4, -0.2) is 37.7 Å². The fourth-order valence-electron chi connectivity index (χ4n) is 3.83. The van der Waals surface area contributed by atoms with Crippen LogP contribution in [0.4, 0.5) is 5.69 Å². The maximum atomic E-state index is 12.8. The van der Waals surface area contributed by atoms with Crippen LogP contribution in [0.2, 0.25) is 5.02 Å². The second kappa shape index (κ2) is 14.0. The standard InChI is InChI=1S/C32H28ClN3O6/c1-4-41-29-16-21(10-14-28(29)42-32(39)22-11-8-20(2)9-12-22)19-34-36-30(37)23-6-5-7-25(17-23)35-31(38)26-18-24(33)13-15-27(26)40-3/h5-19H,4H2,1-3H3,(H,35,38)(H,36,37). The number of ether oxygens (including phenoxy) is 3. The predicted octanol–water partition coefficient (Wildman–Crippen LogP) is 6.29. The summed E-state index contributed by atoms with van der Waals surface area (Å²) in [4.78, 5) is 38.1. The van der Waals surface area contributed by atoms with Gasteiger partial charge in [-0.05, 0) is 86.1 Å². The van der Waals surface area contributed by atoms with E-state index in [9.17, 15) is 14.4 Å². The largest absolute Gasteiger partial charge is 0.496 e. The van der Waals surface area contributed by atoms with Crippen molar-refractivity contribution in [1.82, 2.24) is 5.43 Å². The Kier molecular flexibility index (Phi) is 9.91. The maximum absolute atomic E-state index is 12.8. The van der Waals surface area contributed by atoms with Gasteiger partial charge >= 0.3 is 5.97 Å². The van der Waals surface area contributed by atoms with E-state index in [2.05, 4.69) is 15.8 Å². The van der Waals surface area contributed by atoms with Crippen LogP contribution < -0.4 is 25.0 Å². The number of rotatable bonds is 10. The van der Waals surface area contributed by atoms with Crippen LogP contribution in [0.1, 0.15) is 49.1 Å². The summed E-state index contributed by atoms with van der Waals surface area (Å²) in [6.45, 7) is 4.10. The van der Waals surface area contributed by atoms with Crippen LogP contribution in [0.15, 0.2) is 90.0 Å². The van der Waals surface area contributed by atoms with Gasteiger partial charge in [-0.3, -0.25) is 9.59 Å². The molecule has 214 valence electrons. The third-order valence-electron chi connectivity index (χ3n) is 5.93. The van der Waals surface area contributed by atoms with Crippen molar-refractivity contribution >= 4 is 41.3 Å². The van der Waals surface area contributed by atoms with Gasteiger partial charge in [0.2, 0.25) is 0 Å². The van der Waals surface area contributed by atoms with Crippen molar-refractivity contribution in [3.05, 3.63) is 118 Å². The van der Waals surface area contributed by atoms with Crippen molar-refractivity contribution in [2.24, 2.45) is 5.10 Å². The molecule has 0 aromatic heterocycles. The van der Waals surface area contributed by atoms with Gasteiger partial charge in [-0.15, -0.1) is 0 Å². The van der Waals surface area contributed by atoms with E-state index >= 15 is 0 Å². The van der Waals surface area contributed by atoms with Gasteiger partial charge in [0.25, 0.3) is 11.8 Å². The first-order valence-electron chi connectivity index (χ1n) is 12.9. The number of aryl methyl sites for hydroxylation is 1.